The van der Waals surface area contributed by atoms with Crippen molar-refractivity contribution in [3.8, 4) is 0 Å². The van der Waals surface area contributed by atoms with Gasteiger partial charge < -0.3 is 14.8 Å². The summed E-state index contributed by atoms with van der Waals surface area (Å²) in [6.07, 6.45) is 1.47. The average molecular weight is 306 g/mol. The summed E-state index contributed by atoms with van der Waals surface area (Å²) in [4.78, 5) is 12.1. The number of hydrogen-bond acceptors (Lipinski definition) is 3. The first-order chi connectivity index (χ1) is 10.2. The van der Waals surface area contributed by atoms with E-state index in [0.29, 0.717) is 10.8 Å². The topological polar surface area (TPSA) is 62.5 Å². The van der Waals surface area contributed by atoms with Crippen molar-refractivity contribution in [1.29, 1.82) is 0 Å². The highest BCUT2D eigenvalue weighted by molar-refractivity contribution is 6.31. The molecule has 1 aliphatic carbocycles. The molecule has 21 heavy (non-hydrogen) atoms. The van der Waals surface area contributed by atoms with Crippen LogP contribution in [0.3, 0.4) is 0 Å². The number of benzene rings is 1. The van der Waals surface area contributed by atoms with Crippen LogP contribution in [0.4, 0.5) is 0 Å². The molecule has 5 heteroatoms. The largest absolute Gasteiger partial charge is 0.467 e. The number of rotatable bonds is 5. The summed E-state index contributed by atoms with van der Waals surface area (Å²) in [6, 6.07) is 11.0. The van der Waals surface area contributed by atoms with Gasteiger partial charge in [-0.3, -0.25) is 4.79 Å². The zero-order valence-electron chi connectivity index (χ0n) is 11.3. The van der Waals surface area contributed by atoms with Crippen molar-refractivity contribution < 1.29 is 14.3 Å². The normalized spacial score (nSPS) is 21.8. The summed E-state index contributed by atoms with van der Waals surface area (Å²) >= 11 is 6.14. The quantitative estimate of drug-likeness (QED) is 0.893. The predicted molar refractivity (Wildman–Crippen MR) is 79.0 cm³/mol. The molecule has 4 nitrogen and oxygen atoms in total. The van der Waals surface area contributed by atoms with Crippen molar-refractivity contribution in [1.82, 2.24) is 5.32 Å². The molecule has 1 amide bonds. The summed E-state index contributed by atoms with van der Waals surface area (Å²) in [6.45, 7) is 0.151. The van der Waals surface area contributed by atoms with Gasteiger partial charge in [0.05, 0.1) is 12.8 Å². The number of amides is 1. The third-order valence-corrected chi connectivity index (χ3v) is 4.12. The Labute approximate surface area is 127 Å². The fourth-order valence-electron chi connectivity index (χ4n) is 2.51. The second kappa shape index (κ2) is 5.92. The van der Waals surface area contributed by atoms with E-state index in [1.54, 1.807) is 12.1 Å². The third kappa shape index (κ3) is 3.12. The Hall–Kier alpha value is -1.78. The summed E-state index contributed by atoms with van der Waals surface area (Å²) < 4.78 is 5.09. The molecule has 110 valence electrons. The van der Waals surface area contributed by atoms with Crippen LogP contribution < -0.4 is 5.32 Å². The Morgan fingerprint density at radius 3 is 2.90 bits per heavy atom. The second-order valence-electron chi connectivity index (χ2n) is 5.25. The summed E-state index contributed by atoms with van der Waals surface area (Å²) in [5.41, 5.74) is 1.02. The molecule has 3 atom stereocenters. The highest BCUT2D eigenvalue weighted by Crippen LogP contribution is 2.49. The molecule has 0 radical (unpaired) electrons. The van der Waals surface area contributed by atoms with Crippen LogP contribution in [-0.4, -0.2) is 17.6 Å². The Kier molecular flexibility index (Phi) is 3.99. The van der Waals surface area contributed by atoms with Crippen molar-refractivity contribution >= 4 is 17.5 Å². The lowest BCUT2D eigenvalue weighted by atomic mass is 10.1. The molecule has 1 fully saturated rings. The minimum Gasteiger partial charge on any atom is -0.467 e. The second-order valence-corrected chi connectivity index (χ2v) is 5.65. The number of aliphatic hydroxyl groups is 1. The van der Waals surface area contributed by atoms with Gasteiger partial charge in [-0.15, -0.1) is 0 Å². The molecule has 1 aromatic heterocycles. The molecule has 2 N–H and O–H groups in total. The fraction of sp³-hybridized carbons (Fsp3) is 0.312. The predicted octanol–water partition coefficient (Wildman–Crippen LogP) is 2.89. The van der Waals surface area contributed by atoms with Crippen LogP contribution in [0.25, 0.3) is 0 Å². The Balaban J connectivity index is 1.53. The van der Waals surface area contributed by atoms with E-state index < -0.39 is 6.10 Å². The number of furan rings is 1. The van der Waals surface area contributed by atoms with Gasteiger partial charge in [-0.05, 0) is 36.1 Å². The van der Waals surface area contributed by atoms with E-state index in [4.69, 9.17) is 16.0 Å². The van der Waals surface area contributed by atoms with Crippen molar-refractivity contribution in [2.24, 2.45) is 5.92 Å². The van der Waals surface area contributed by atoms with Crippen molar-refractivity contribution in [3.63, 3.8) is 0 Å². The first-order valence-corrected chi connectivity index (χ1v) is 7.28. The van der Waals surface area contributed by atoms with Crippen molar-refractivity contribution in [3.05, 3.63) is 59.0 Å². The SMILES string of the molecule is O=C(NC[C@H](O)c1ccco1)[C@@H]1C[C@H]1c1ccccc1Cl. The Morgan fingerprint density at radius 2 is 2.19 bits per heavy atom. The number of aliphatic hydroxyl groups excluding tert-OH is 1. The molecule has 3 rings (SSSR count). The van der Waals surface area contributed by atoms with E-state index in [2.05, 4.69) is 5.32 Å². The zero-order chi connectivity index (χ0) is 14.8. The fourth-order valence-corrected chi connectivity index (χ4v) is 2.79. The van der Waals surface area contributed by atoms with Gasteiger partial charge >= 0.3 is 0 Å². The molecule has 1 heterocycles. The summed E-state index contributed by atoms with van der Waals surface area (Å²) in [7, 11) is 0. The van der Waals surface area contributed by atoms with Gasteiger partial charge in [-0.2, -0.15) is 0 Å². The highest BCUT2D eigenvalue weighted by atomic mass is 35.5. The van der Waals surface area contributed by atoms with E-state index in [0.717, 1.165) is 12.0 Å². The smallest absolute Gasteiger partial charge is 0.223 e. The van der Waals surface area contributed by atoms with Crippen LogP contribution >= 0.6 is 11.6 Å². The Bertz CT molecular complexity index is 626. The maximum Gasteiger partial charge on any atom is 0.223 e. The molecule has 1 saturated carbocycles. The number of halogens is 1. The van der Waals surface area contributed by atoms with Gasteiger partial charge in [-0.25, -0.2) is 0 Å². The standard InChI is InChI=1S/C16H16ClNO3/c17-13-5-2-1-4-10(13)11-8-12(11)16(20)18-9-14(19)15-6-3-7-21-15/h1-7,11-12,14,19H,8-9H2,(H,18,20)/t11-,12+,14-/m0/s1. The lowest BCUT2D eigenvalue weighted by Crippen LogP contribution is -2.29. The van der Waals surface area contributed by atoms with Crippen LogP contribution in [0.5, 0.6) is 0 Å². The van der Waals surface area contributed by atoms with Gasteiger partial charge in [0.25, 0.3) is 0 Å². The molecule has 0 saturated heterocycles. The van der Waals surface area contributed by atoms with E-state index in [9.17, 15) is 9.90 Å². The maximum atomic E-state index is 12.1. The molecule has 1 aliphatic rings. The van der Waals surface area contributed by atoms with Gasteiger partial charge in [0.15, 0.2) is 0 Å². The van der Waals surface area contributed by atoms with Crippen LogP contribution in [0.1, 0.15) is 29.8 Å². The zero-order valence-corrected chi connectivity index (χ0v) is 12.1. The minimum absolute atomic E-state index is 0.0504. The number of carbonyl (C=O) groups excluding carboxylic acids is 1. The maximum absolute atomic E-state index is 12.1. The third-order valence-electron chi connectivity index (χ3n) is 3.77. The van der Waals surface area contributed by atoms with Gasteiger partial charge in [0, 0.05) is 10.9 Å². The lowest BCUT2D eigenvalue weighted by molar-refractivity contribution is -0.122. The number of carbonyl (C=O) groups is 1. The van der Waals surface area contributed by atoms with E-state index >= 15 is 0 Å². The van der Waals surface area contributed by atoms with Crippen LogP contribution in [0.2, 0.25) is 5.02 Å². The molecule has 0 aliphatic heterocycles. The van der Waals surface area contributed by atoms with E-state index in [1.165, 1.54) is 6.26 Å². The first kappa shape index (κ1) is 14.2. The van der Waals surface area contributed by atoms with Crippen molar-refractivity contribution in [2.75, 3.05) is 6.54 Å². The molecular formula is C16H16ClNO3. The molecule has 0 unspecified atom stereocenters. The van der Waals surface area contributed by atoms with Gasteiger partial charge in [0.2, 0.25) is 5.91 Å². The minimum atomic E-state index is -0.818. The van der Waals surface area contributed by atoms with Crippen molar-refractivity contribution in [2.45, 2.75) is 18.4 Å². The van der Waals surface area contributed by atoms with Gasteiger partial charge in [0.1, 0.15) is 11.9 Å². The molecule has 0 bridgehead atoms. The van der Waals surface area contributed by atoms with Crippen LogP contribution in [-0.2, 0) is 4.79 Å². The number of nitrogens with one attached hydrogen (secondary N) is 1. The Morgan fingerprint density at radius 1 is 1.38 bits per heavy atom. The molecule has 2 aromatic rings. The monoisotopic (exact) mass is 305 g/mol. The lowest BCUT2D eigenvalue weighted by Gasteiger charge is -2.09. The first-order valence-electron chi connectivity index (χ1n) is 6.90. The van der Waals surface area contributed by atoms with E-state index in [-0.39, 0.29) is 24.3 Å². The number of hydrogen-bond donors (Lipinski definition) is 2. The average Bonchev–Trinajstić information content (AvgIpc) is 3.08. The van der Waals surface area contributed by atoms with E-state index in [1.807, 2.05) is 24.3 Å². The van der Waals surface area contributed by atoms with Crippen LogP contribution in [0.15, 0.2) is 47.1 Å². The summed E-state index contributed by atoms with van der Waals surface area (Å²) in [5, 5.41) is 13.3. The van der Waals surface area contributed by atoms with Crippen LogP contribution in [0, 0.1) is 5.92 Å². The summed E-state index contributed by atoms with van der Waals surface area (Å²) in [5.74, 6) is 0.521. The van der Waals surface area contributed by atoms with Gasteiger partial charge in [-0.1, -0.05) is 29.8 Å². The molecule has 1 aromatic carbocycles. The molecular weight excluding hydrogens is 290 g/mol. The highest BCUT2D eigenvalue weighted by Gasteiger charge is 2.44. The molecule has 0 spiro atoms.